The maximum atomic E-state index is 13.4. The predicted molar refractivity (Wildman–Crippen MR) is 187 cm³/mol. The van der Waals surface area contributed by atoms with Crippen LogP contribution in [0.5, 0.6) is 0 Å². The number of aliphatic hydroxyl groups is 1. The number of piperidine rings is 2. The van der Waals surface area contributed by atoms with Gasteiger partial charge in [-0.25, -0.2) is 4.79 Å². The van der Waals surface area contributed by atoms with Crippen LogP contribution in [0.4, 0.5) is 11.4 Å². The van der Waals surface area contributed by atoms with Crippen molar-refractivity contribution in [2.24, 2.45) is 13.0 Å². The van der Waals surface area contributed by atoms with E-state index in [1.165, 1.54) is 12.8 Å². The molecule has 1 aliphatic carbocycles. The van der Waals surface area contributed by atoms with Gasteiger partial charge in [0.25, 0.3) is 0 Å². The van der Waals surface area contributed by atoms with Crippen LogP contribution in [0.3, 0.4) is 0 Å². The molecule has 4 N–H and O–H groups in total. The smallest absolute Gasteiger partial charge is 0.329 e. The highest BCUT2D eigenvalue weighted by Gasteiger charge is 2.33. The lowest BCUT2D eigenvalue weighted by atomic mass is 9.85. The lowest BCUT2D eigenvalue weighted by molar-refractivity contribution is -0.135. The monoisotopic (exact) mass is 656 g/mol. The fourth-order valence-corrected chi connectivity index (χ4v) is 8.42. The Labute approximate surface area is 280 Å². The Morgan fingerprint density at radius 2 is 1.77 bits per heavy atom. The molecule has 2 saturated heterocycles. The number of rotatable bonds is 7. The van der Waals surface area contributed by atoms with Crippen LogP contribution in [-0.4, -0.2) is 73.5 Å². The van der Waals surface area contributed by atoms with Gasteiger partial charge < -0.3 is 20.6 Å². The van der Waals surface area contributed by atoms with Gasteiger partial charge in [0.05, 0.1) is 33.9 Å². The quantitative estimate of drug-likeness (QED) is 0.201. The van der Waals surface area contributed by atoms with Gasteiger partial charge in [-0.2, -0.15) is 5.10 Å². The molecule has 7 rings (SSSR count). The molecule has 4 aromatic rings. The molecule has 1 saturated carbocycles. The molecule has 2 aliphatic heterocycles. The number of nitrogens with one attached hydrogen (secondary N) is 1. The number of para-hydroxylation sites is 1. The van der Waals surface area contributed by atoms with E-state index in [-0.39, 0.29) is 18.0 Å². The van der Waals surface area contributed by atoms with Gasteiger partial charge in [0.1, 0.15) is 6.04 Å². The van der Waals surface area contributed by atoms with Crippen molar-refractivity contribution in [3.8, 4) is 0 Å². The number of nitrogens with two attached hydrogens (primary N) is 1. The van der Waals surface area contributed by atoms with Gasteiger partial charge >= 0.3 is 5.69 Å². The predicted octanol–water partition coefficient (Wildman–Crippen LogP) is 3.81. The van der Waals surface area contributed by atoms with Gasteiger partial charge in [0, 0.05) is 62.0 Å². The molecule has 1 unspecified atom stereocenters. The van der Waals surface area contributed by atoms with E-state index in [1.54, 1.807) is 30.0 Å². The standard InChI is InChI=1S/C36H48N8O4/c1-36(2,48)26-19-28-23(18-27(26)37)21-43(39-28)25-10-8-22(9-11-25)20-40(3)24-14-16-42(17-15-24)29-6-5-7-30-33(29)41(4)35(47)44(30)31-12-13-32(45)38-34(31)46/h5-7,18-19,21-22,24-25,31,48H,8-17,20,37H2,1-4H3,(H,38,45,46). The first kappa shape index (κ1) is 32.4. The molecule has 2 aromatic heterocycles. The summed E-state index contributed by atoms with van der Waals surface area (Å²) >= 11 is 0. The molecule has 0 radical (unpaired) electrons. The van der Waals surface area contributed by atoms with Crippen LogP contribution in [-0.2, 0) is 22.2 Å². The second kappa shape index (κ2) is 12.4. The maximum absolute atomic E-state index is 13.4. The molecule has 2 amide bonds. The molecule has 4 heterocycles. The summed E-state index contributed by atoms with van der Waals surface area (Å²) in [6.07, 6.45) is 9.27. The van der Waals surface area contributed by atoms with Gasteiger partial charge in [-0.05, 0) is 96.0 Å². The van der Waals surface area contributed by atoms with Crippen LogP contribution in [0.1, 0.15) is 82.9 Å². The normalized spacial score (nSPS) is 23.0. The van der Waals surface area contributed by atoms with E-state index in [2.05, 4.69) is 39.1 Å². The zero-order valence-electron chi connectivity index (χ0n) is 28.5. The van der Waals surface area contributed by atoms with Crippen LogP contribution in [0.25, 0.3) is 21.9 Å². The molecule has 3 aliphatic rings. The molecule has 12 heteroatoms. The van der Waals surface area contributed by atoms with Crippen molar-refractivity contribution in [2.45, 2.75) is 88.9 Å². The Hall–Kier alpha value is -4.16. The van der Waals surface area contributed by atoms with Crippen molar-refractivity contribution in [2.75, 3.05) is 37.3 Å². The van der Waals surface area contributed by atoms with Gasteiger partial charge in [-0.3, -0.25) is 28.7 Å². The highest BCUT2D eigenvalue weighted by molar-refractivity contribution is 6.00. The molecule has 1 atom stereocenters. The highest BCUT2D eigenvalue weighted by Crippen LogP contribution is 2.36. The van der Waals surface area contributed by atoms with Gasteiger partial charge in [0.2, 0.25) is 11.8 Å². The lowest BCUT2D eigenvalue weighted by Crippen LogP contribution is -2.45. The second-order valence-corrected chi connectivity index (χ2v) is 14.8. The first-order valence-electron chi connectivity index (χ1n) is 17.4. The molecule has 3 fully saturated rings. The molecular weight excluding hydrogens is 608 g/mol. The lowest BCUT2D eigenvalue weighted by Gasteiger charge is -2.40. The van der Waals surface area contributed by atoms with E-state index >= 15 is 0 Å². The third-order valence-corrected chi connectivity index (χ3v) is 11.1. The number of amides is 2. The van der Waals surface area contributed by atoms with Crippen LogP contribution < -0.4 is 21.6 Å². The van der Waals surface area contributed by atoms with Crippen LogP contribution in [0.15, 0.2) is 41.3 Å². The van der Waals surface area contributed by atoms with Crippen LogP contribution >= 0.6 is 0 Å². The number of nitrogen functional groups attached to an aromatic ring is 1. The van der Waals surface area contributed by atoms with E-state index in [0.717, 1.165) is 72.9 Å². The number of carbonyl (C=O) groups excluding carboxylic acids is 2. The number of fused-ring (bicyclic) bond motifs is 2. The van der Waals surface area contributed by atoms with Crippen molar-refractivity contribution < 1.29 is 14.7 Å². The largest absolute Gasteiger partial charge is 0.398 e. The Kier molecular flexibility index (Phi) is 8.35. The first-order chi connectivity index (χ1) is 22.9. The van der Waals surface area contributed by atoms with Crippen molar-refractivity contribution >= 4 is 45.1 Å². The van der Waals surface area contributed by atoms with Crippen molar-refractivity contribution in [1.29, 1.82) is 0 Å². The number of hydrogen-bond acceptors (Lipinski definition) is 8. The van der Waals surface area contributed by atoms with E-state index in [1.807, 2.05) is 24.3 Å². The van der Waals surface area contributed by atoms with Gasteiger partial charge in [0.15, 0.2) is 0 Å². The number of anilines is 2. The highest BCUT2D eigenvalue weighted by atomic mass is 16.3. The van der Waals surface area contributed by atoms with Gasteiger partial charge in [-0.1, -0.05) is 6.07 Å². The van der Waals surface area contributed by atoms with Crippen molar-refractivity contribution in [3.63, 3.8) is 0 Å². The van der Waals surface area contributed by atoms with Crippen LogP contribution in [0, 0.1) is 5.92 Å². The van der Waals surface area contributed by atoms with E-state index < -0.39 is 17.6 Å². The number of carbonyl (C=O) groups is 2. The first-order valence-corrected chi connectivity index (χ1v) is 17.4. The zero-order chi connectivity index (χ0) is 33.9. The summed E-state index contributed by atoms with van der Waals surface area (Å²) in [5.74, 6) is -0.0458. The van der Waals surface area contributed by atoms with Crippen LogP contribution in [0.2, 0.25) is 0 Å². The maximum Gasteiger partial charge on any atom is 0.329 e. The number of nitrogens with zero attached hydrogens (tertiary/aromatic N) is 6. The summed E-state index contributed by atoms with van der Waals surface area (Å²) in [4.78, 5) is 42.7. The summed E-state index contributed by atoms with van der Waals surface area (Å²) in [5.41, 5.74) is 9.77. The number of aryl methyl sites for hydroxylation is 1. The molecule has 256 valence electrons. The number of imidazole rings is 1. The Morgan fingerprint density at radius 1 is 1.04 bits per heavy atom. The van der Waals surface area contributed by atoms with Gasteiger partial charge in [-0.15, -0.1) is 0 Å². The summed E-state index contributed by atoms with van der Waals surface area (Å²) < 4.78 is 5.33. The number of aromatic nitrogens is 4. The fourth-order valence-electron chi connectivity index (χ4n) is 8.42. The summed E-state index contributed by atoms with van der Waals surface area (Å²) in [6, 6.07) is 9.97. The van der Waals surface area contributed by atoms with E-state index in [0.29, 0.717) is 35.7 Å². The average molecular weight is 657 g/mol. The minimum absolute atomic E-state index is 0.227. The Balaban J connectivity index is 0.961. The molecule has 0 bridgehead atoms. The number of benzene rings is 2. The zero-order valence-corrected chi connectivity index (χ0v) is 28.5. The SMILES string of the molecule is CN(CC1CCC(n2cc3cc(N)c(C(C)(C)O)cc3n2)CC1)C1CCN(c2cccc3c2n(C)c(=O)n3C2CCC(=O)NC2=O)CC1. The average Bonchev–Trinajstić information content (AvgIpc) is 3.58. The van der Waals surface area contributed by atoms with Crippen molar-refractivity contribution in [3.05, 3.63) is 52.6 Å². The van der Waals surface area contributed by atoms with Crippen molar-refractivity contribution in [1.82, 2.24) is 29.1 Å². The summed E-state index contributed by atoms with van der Waals surface area (Å²) in [6.45, 7) is 6.37. The molecule has 0 spiro atoms. The van der Waals surface area contributed by atoms with E-state index in [9.17, 15) is 19.5 Å². The molecular formula is C36H48N8O4. The fraction of sp³-hybridized carbons (Fsp3) is 0.556. The third kappa shape index (κ3) is 5.89. The topological polar surface area (TPSA) is 144 Å². The molecule has 2 aromatic carbocycles. The molecule has 12 nitrogen and oxygen atoms in total. The third-order valence-electron chi connectivity index (χ3n) is 11.1. The minimum atomic E-state index is -1.01. The Morgan fingerprint density at radius 3 is 2.46 bits per heavy atom. The Bertz CT molecular complexity index is 1920. The molecule has 48 heavy (non-hydrogen) atoms. The summed E-state index contributed by atoms with van der Waals surface area (Å²) in [7, 11) is 4.03. The summed E-state index contributed by atoms with van der Waals surface area (Å²) in [5, 5.41) is 18.8. The number of imide groups is 1. The minimum Gasteiger partial charge on any atom is -0.398 e. The second-order valence-electron chi connectivity index (χ2n) is 14.8. The number of hydrogen-bond donors (Lipinski definition) is 3. The van der Waals surface area contributed by atoms with E-state index in [4.69, 9.17) is 10.8 Å².